The third-order valence-electron chi connectivity index (χ3n) is 5.22. The molecule has 5 nitrogen and oxygen atoms in total. The summed E-state index contributed by atoms with van der Waals surface area (Å²) in [4.78, 5) is 17.8. The van der Waals surface area contributed by atoms with Gasteiger partial charge in [0.15, 0.2) is 5.13 Å². The number of carbonyl (C=O) groups excluding carboxylic acids is 1. The first-order valence-corrected chi connectivity index (χ1v) is 13.1. The topological polar surface area (TPSA) is 75.0 Å². The number of thiazole rings is 1. The fourth-order valence-electron chi connectivity index (χ4n) is 3.35. The minimum atomic E-state index is -0.512. The summed E-state index contributed by atoms with van der Waals surface area (Å²) in [6.07, 6.45) is 9.69. The SMILES string of the molecule is CCCCCCCOc1ccc(/C=C(\C#N)C(=O)Nc2ncc(Cc3cc(Cl)ccc3Cl)s2)cc1. The van der Waals surface area contributed by atoms with E-state index in [4.69, 9.17) is 27.9 Å². The first-order valence-electron chi connectivity index (χ1n) is 11.5. The number of carbonyl (C=O) groups is 1. The molecule has 0 unspecified atom stereocenters. The first-order chi connectivity index (χ1) is 17.0. The van der Waals surface area contributed by atoms with Gasteiger partial charge < -0.3 is 4.74 Å². The molecule has 0 aliphatic rings. The van der Waals surface area contributed by atoms with E-state index in [0.29, 0.717) is 28.2 Å². The third-order valence-corrected chi connectivity index (χ3v) is 6.74. The zero-order valence-electron chi connectivity index (χ0n) is 19.5. The highest BCUT2D eigenvalue weighted by Gasteiger charge is 2.13. The van der Waals surface area contributed by atoms with Crippen molar-refractivity contribution in [1.82, 2.24) is 4.98 Å². The molecule has 0 atom stereocenters. The summed E-state index contributed by atoms with van der Waals surface area (Å²) in [6.45, 7) is 2.88. The lowest BCUT2D eigenvalue weighted by Crippen LogP contribution is -2.13. The smallest absolute Gasteiger partial charge is 0.268 e. The standard InChI is InChI=1S/C27H27Cl2N3O2S/c1-2-3-4-5-6-13-34-23-10-7-19(8-11-23)14-21(17-30)26(33)32-27-31-18-24(35-27)16-20-15-22(28)9-12-25(20)29/h7-12,14-15,18H,2-6,13,16H2,1H3,(H,31,32,33)/b21-14+. The van der Waals surface area contributed by atoms with Gasteiger partial charge in [-0.15, -0.1) is 11.3 Å². The van der Waals surface area contributed by atoms with E-state index < -0.39 is 5.91 Å². The predicted octanol–water partition coefficient (Wildman–Crippen LogP) is 7.94. The molecule has 0 fully saturated rings. The van der Waals surface area contributed by atoms with Crippen molar-refractivity contribution in [3.8, 4) is 11.8 Å². The van der Waals surface area contributed by atoms with E-state index in [1.54, 1.807) is 24.4 Å². The lowest BCUT2D eigenvalue weighted by molar-refractivity contribution is -0.112. The fourth-order valence-corrected chi connectivity index (χ4v) is 4.56. The summed E-state index contributed by atoms with van der Waals surface area (Å²) >= 11 is 13.6. The van der Waals surface area contributed by atoms with Crippen molar-refractivity contribution in [2.75, 3.05) is 11.9 Å². The van der Waals surface area contributed by atoms with Gasteiger partial charge in [0, 0.05) is 27.5 Å². The van der Waals surface area contributed by atoms with Gasteiger partial charge >= 0.3 is 0 Å². The van der Waals surface area contributed by atoms with Crippen LogP contribution >= 0.6 is 34.5 Å². The van der Waals surface area contributed by atoms with Crippen LogP contribution in [-0.2, 0) is 11.2 Å². The van der Waals surface area contributed by atoms with Crippen LogP contribution in [0.2, 0.25) is 10.0 Å². The molecule has 182 valence electrons. The average Bonchev–Trinajstić information content (AvgIpc) is 3.29. The molecule has 3 aromatic rings. The number of halogens is 2. The van der Waals surface area contributed by atoms with Crippen LogP contribution in [0.5, 0.6) is 5.75 Å². The highest BCUT2D eigenvalue weighted by Crippen LogP contribution is 2.27. The fraction of sp³-hybridized carbons (Fsp3) is 0.296. The molecule has 0 spiro atoms. The molecule has 1 heterocycles. The zero-order valence-corrected chi connectivity index (χ0v) is 21.8. The molecule has 0 saturated carbocycles. The van der Waals surface area contributed by atoms with E-state index in [1.165, 1.54) is 37.0 Å². The Morgan fingerprint density at radius 3 is 2.66 bits per heavy atom. The highest BCUT2D eigenvalue weighted by molar-refractivity contribution is 7.15. The quantitative estimate of drug-likeness (QED) is 0.147. The molecule has 0 aliphatic heterocycles. The largest absolute Gasteiger partial charge is 0.494 e. The lowest BCUT2D eigenvalue weighted by atomic mass is 10.1. The number of nitriles is 1. The van der Waals surface area contributed by atoms with E-state index in [2.05, 4.69) is 17.2 Å². The Bertz CT molecular complexity index is 1200. The predicted molar refractivity (Wildman–Crippen MR) is 144 cm³/mol. The maximum absolute atomic E-state index is 12.6. The average molecular weight is 529 g/mol. The third kappa shape index (κ3) is 8.70. The van der Waals surface area contributed by atoms with Gasteiger partial charge in [0.25, 0.3) is 5.91 Å². The van der Waals surface area contributed by atoms with Gasteiger partial charge in [0.2, 0.25) is 0 Å². The number of nitrogens with one attached hydrogen (secondary N) is 1. The molecule has 1 amide bonds. The van der Waals surface area contributed by atoms with E-state index in [1.807, 2.05) is 36.4 Å². The number of rotatable bonds is 12. The summed E-state index contributed by atoms with van der Waals surface area (Å²) in [5.41, 5.74) is 1.61. The molecule has 0 saturated heterocycles. The van der Waals surface area contributed by atoms with Gasteiger partial charge in [-0.1, -0.05) is 67.9 Å². The number of ether oxygens (including phenoxy) is 1. The van der Waals surface area contributed by atoms with Crippen molar-refractivity contribution >= 4 is 51.7 Å². The van der Waals surface area contributed by atoms with Crippen LogP contribution in [0.4, 0.5) is 5.13 Å². The second-order valence-corrected chi connectivity index (χ2v) is 9.96. The van der Waals surface area contributed by atoms with E-state index in [-0.39, 0.29) is 5.57 Å². The van der Waals surface area contributed by atoms with Crippen molar-refractivity contribution in [3.63, 3.8) is 0 Å². The Labute approximate surface area is 220 Å². The number of anilines is 1. The number of amides is 1. The minimum Gasteiger partial charge on any atom is -0.494 e. The van der Waals surface area contributed by atoms with Gasteiger partial charge in [0.05, 0.1) is 6.61 Å². The molecule has 0 bridgehead atoms. The Kier molecular flexibility index (Phi) is 10.6. The normalized spacial score (nSPS) is 11.2. The first kappa shape index (κ1) is 26.7. The van der Waals surface area contributed by atoms with Crippen LogP contribution < -0.4 is 10.1 Å². The molecule has 3 rings (SSSR count). The molecule has 8 heteroatoms. The number of unbranched alkanes of at least 4 members (excludes halogenated alkanes) is 4. The highest BCUT2D eigenvalue weighted by atomic mass is 35.5. The molecule has 0 aliphatic carbocycles. The van der Waals surface area contributed by atoms with Crippen LogP contribution in [0.1, 0.15) is 55.0 Å². The van der Waals surface area contributed by atoms with Crippen molar-refractivity contribution in [2.45, 2.75) is 45.4 Å². The van der Waals surface area contributed by atoms with Crippen molar-refractivity contribution in [2.24, 2.45) is 0 Å². The van der Waals surface area contributed by atoms with Gasteiger partial charge in [-0.2, -0.15) is 5.26 Å². The van der Waals surface area contributed by atoms with E-state index >= 15 is 0 Å². The summed E-state index contributed by atoms with van der Waals surface area (Å²) in [7, 11) is 0. The number of aromatic nitrogens is 1. The van der Waals surface area contributed by atoms with Gasteiger partial charge in [-0.3, -0.25) is 10.1 Å². The molecular weight excluding hydrogens is 501 g/mol. The van der Waals surface area contributed by atoms with Gasteiger partial charge in [-0.05, 0) is 54.0 Å². The van der Waals surface area contributed by atoms with E-state index in [0.717, 1.165) is 28.2 Å². The molecule has 2 aromatic carbocycles. The Hall–Kier alpha value is -2.85. The molecule has 0 radical (unpaired) electrons. The second kappa shape index (κ2) is 13.9. The van der Waals surface area contributed by atoms with Crippen molar-refractivity contribution < 1.29 is 9.53 Å². The number of hydrogen-bond donors (Lipinski definition) is 1. The van der Waals surface area contributed by atoms with Crippen molar-refractivity contribution in [1.29, 1.82) is 5.26 Å². The monoisotopic (exact) mass is 527 g/mol. The number of benzene rings is 2. The Morgan fingerprint density at radius 2 is 1.91 bits per heavy atom. The molecule has 35 heavy (non-hydrogen) atoms. The maximum Gasteiger partial charge on any atom is 0.268 e. The van der Waals surface area contributed by atoms with Crippen LogP contribution in [0.25, 0.3) is 6.08 Å². The van der Waals surface area contributed by atoms with Gasteiger partial charge in [0.1, 0.15) is 17.4 Å². The Morgan fingerprint density at radius 1 is 1.14 bits per heavy atom. The van der Waals surface area contributed by atoms with Crippen molar-refractivity contribution in [3.05, 3.63) is 80.3 Å². The lowest BCUT2D eigenvalue weighted by Gasteiger charge is -2.06. The summed E-state index contributed by atoms with van der Waals surface area (Å²) in [5, 5.41) is 13.8. The van der Waals surface area contributed by atoms with Crippen LogP contribution in [0, 0.1) is 11.3 Å². The summed E-state index contributed by atoms with van der Waals surface area (Å²) < 4.78 is 5.77. The minimum absolute atomic E-state index is 0.00997. The summed E-state index contributed by atoms with van der Waals surface area (Å²) in [6, 6.07) is 14.6. The second-order valence-electron chi connectivity index (χ2n) is 8.00. The molecule has 1 N–H and O–H groups in total. The van der Waals surface area contributed by atoms with Gasteiger partial charge in [-0.25, -0.2) is 4.98 Å². The van der Waals surface area contributed by atoms with Crippen LogP contribution in [0.15, 0.2) is 54.2 Å². The van der Waals surface area contributed by atoms with Crippen LogP contribution in [0.3, 0.4) is 0 Å². The Balaban J connectivity index is 1.55. The summed E-state index contributed by atoms with van der Waals surface area (Å²) in [5.74, 6) is 0.261. The number of nitrogens with zero attached hydrogens (tertiary/aromatic N) is 2. The van der Waals surface area contributed by atoms with Crippen LogP contribution in [-0.4, -0.2) is 17.5 Å². The zero-order chi connectivity index (χ0) is 25.0. The maximum atomic E-state index is 12.6. The van der Waals surface area contributed by atoms with E-state index in [9.17, 15) is 10.1 Å². The number of hydrogen-bond acceptors (Lipinski definition) is 5. The molecular formula is C27H27Cl2N3O2S. The molecule has 1 aromatic heterocycles.